The second-order valence-corrected chi connectivity index (χ2v) is 11.2. The lowest BCUT2D eigenvalue weighted by Crippen LogP contribution is -2.56. The number of hydrogen-bond acceptors (Lipinski definition) is 11. The lowest BCUT2D eigenvalue weighted by molar-refractivity contribution is -0.384. The van der Waals surface area contributed by atoms with Crippen LogP contribution in [0.2, 0.25) is 0 Å². The number of hydrogen-bond donors (Lipinski definition) is 5. The highest BCUT2D eigenvalue weighted by molar-refractivity contribution is 6.13. The van der Waals surface area contributed by atoms with Crippen molar-refractivity contribution in [3.05, 3.63) is 82.4 Å². The number of imide groups is 1. The third-order valence-electron chi connectivity index (χ3n) is 7.17. The highest BCUT2D eigenvalue weighted by Gasteiger charge is 2.31. The molecular formula is C32H37N7O11. The van der Waals surface area contributed by atoms with Crippen LogP contribution in [0.5, 0.6) is 5.75 Å². The van der Waals surface area contributed by atoms with Crippen molar-refractivity contribution < 1.29 is 48.0 Å². The number of carbonyl (C=O) groups is 7. The van der Waals surface area contributed by atoms with E-state index in [1.165, 1.54) is 12.1 Å². The van der Waals surface area contributed by atoms with Crippen molar-refractivity contribution in [3.8, 4) is 5.75 Å². The van der Waals surface area contributed by atoms with Crippen LogP contribution in [-0.4, -0.2) is 76.7 Å². The Balaban J connectivity index is 1.73. The van der Waals surface area contributed by atoms with Crippen LogP contribution < -0.4 is 31.7 Å². The van der Waals surface area contributed by atoms with E-state index in [4.69, 9.17) is 15.2 Å². The minimum Gasteiger partial charge on any atom is -0.406 e. The Morgan fingerprint density at radius 3 is 2.12 bits per heavy atom. The summed E-state index contributed by atoms with van der Waals surface area (Å²) in [6.07, 6.45) is -0.639. The van der Waals surface area contributed by atoms with Crippen LogP contribution in [0.25, 0.3) is 0 Å². The van der Waals surface area contributed by atoms with Gasteiger partial charge in [-0.05, 0) is 30.9 Å². The molecule has 3 atom stereocenters. The molecule has 0 saturated heterocycles. The van der Waals surface area contributed by atoms with E-state index in [1.54, 1.807) is 44.2 Å². The number of nitrogens with one attached hydrogen (secondary N) is 4. The molecule has 0 radical (unpaired) electrons. The molecule has 2 aromatic carbocycles. The van der Waals surface area contributed by atoms with E-state index in [0.717, 1.165) is 29.2 Å². The summed E-state index contributed by atoms with van der Waals surface area (Å²) in [6, 6.07) is 9.45. The maximum atomic E-state index is 13.7. The lowest BCUT2D eigenvalue weighted by Gasteiger charge is -2.27. The van der Waals surface area contributed by atoms with E-state index in [0.29, 0.717) is 5.56 Å². The molecule has 0 bridgehead atoms. The number of benzene rings is 2. The van der Waals surface area contributed by atoms with Gasteiger partial charge in [0.25, 0.3) is 17.5 Å². The normalized spacial score (nSPS) is 13.9. The number of ether oxygens (including phenoxy) is 2. The quantitative estimate of drug-likeness (QED) is 0.0300. The largest absolute Gasteiger partial charge is 0.516 e. The summed E-state index contributed by atoms with van der Waals surface area (Å²) in [7, 11) is 0. The number of amides is 7. The fourth-order valence-electron chi connectivity index (χ4n) is 4.58. The molecule has 7 amide bonds. The highest BCUT2D eigenvalue weighted by Crippen LogP contribution is 2.20. The Hall–Kier alpha value is -6.33. The van der Waals surface area contributed by atoms with Gasteiger partial charge in [0.15, 0.2) is 0 Å². The second-order valence-electron chi connectivity index (χ2n) is 11.2. The zero-order valence-corrected chi connectivity index (χ0v) is 27.2. The number of primary amides is 1. The van der Waals surface area contributed by atoms with E-state index in [2.05, 4.69) is 21.3 Å². The van der Waals surface area contributed by atoms with Gasteiger partial charge < -0.3 is 36.5 Å². The molecule has 3 rings (SSSR count). The number of carbonyl (C=O) groups excluding carboxylic acids is 7. The average molecular weight is 696 g/mol. The topological polar surface area (TPSA) is 258 Å². The van der Waals surface area contributed by atoms with Gasteiger partial charge in [0, 0.05) is 49.4 Å². The Morgan fingerprint density at radius 1 is 0.900 bits per heavy atom. The van der Waals surface area contributed by atoms with Crippen LogP contribution in [0.3, 0.4) is 0 Å². The van der Waals surface area contributed by atoms with Crippen LogP contribution in [0.1, 0.15) is 44.9 Å². The number of rotatable bonds is 17. The van der Waals surface area contributed by atoms with Gasteiger partial charge in [-0.2, -0.15) is 0 Å². The fourth-order valence-corrected chi connectivity index (χ4v) is 4.58. The summed E-state index contributed by atoms with van der Waals surface area (Å²) in [4.78, 5) is 98.5. The second kappa shape index (κ2) is 18.3. The summed E-state index contributed by atoms with van der Waals surface area (Å²) in [5.41, 5.74) is 5.22. The minimum atomic E-state index is -1.43. The first-order chi connectivity index (χ1) is 23.7. The molecule has 2 aromatic rings. The Labute approximate surface area is 285 Å². The first-order valence-corrected chi connectivity index (χ1v) is 15.4. The van der Waals surface area contributed by atoms with Gasteiger partial charge in [-0.15, -0.1) is 0 Å². The number of nitrogens with two attached hydrogens (primary N) is 1. The molecule has 0 saturated carbocycles. The van der Waals surface area contributed by atoms with E-state index in [-0.39, 0.29) is 43.8 Å². The van der Waals surface area contributed by atoms with Crippen molar-refractivity contribution in [2.75, 3.05) is 13.1 Å². The van der Waals surface area contributed by atoms with Crippen molar-refractivity contribution >= 4 is 47.4 Å². The van der Waals surface area contributed by atoms with Crippen LogP contribution in [-0.2, 0) is 28.7 Å². The van der Waals surface area contributed by atoms with Crippen molar-refractivity contribution in [3.63, 3.8) is 0 Å². The minimum absolute atomic E-state index is 0.0302. The standard InChI is InChI=1S/C32H37N7O11/c1-19(2)27(36-24(40)16-18-38-25(41)14-15-26(38)42)29(44)35-23(9-6-17-34-31(33)45)28(43)37-30(20-7-4-3-5-8-20)50-32(46)49-22-12-10-21(11-13-22)39(47)48/h3-5,7-8,10-15,19,23,27,30H,6,9,16-18H2,1-2H3,(H,35,44)(H,36,40)(H,37,43)(H3,33,34,45)/t23-,27-,30?/m0/s1. The Bertz CT molecular complexity index is 1600. The van der Waals surface area contributed by atoms with Crippen LogP contribution in [0.15, 0.2) is 66.7 Å². The first kappa shape index (κ1) is 38.1. The van der Waals surface area contributed by atoms with Gasteiger partial charge in [-0.3, -0.25) is 39.0 Å². The van der Waals surface area contributed by atoms with E-state index in [9.17, 15) is 43.7 Å². The third kappa shape index (κ3) is 11.7. The number of nitro benzene ring substituents is 1. The molecule has 1 heterocycles. The molecule has 6 N–H and O–H groups in total. The van der Waals surface area contributed by atoms with E-state index >= 15 is 0 Å². The molecule has 1 unspecified atom stereocenters. The predicted molar refractivity (Wildman–Crippen MR) is 174 cm³/mol. The number of nitro groups is 1. The van der Waals surface area contributed by atoms with Crippen molar-refractivity contribution in [1.82, 2.24) is 26.2 Å². The molecule has 18 nitrogen and oxygen atoms in total. The lowest BCUT2D eigenvalue weighted by atomic mass is 10.0. The molecule has 18 heteroatoms. The monoisotopic (exact) mass is 695 g/mol. The van der Waals surface area contributed by atoms with E-state index < -0.39 is 70.9 Å². The molecule has 0 fully saturated rings. The summed E-state index contributed by atoms with van der Waals surface area (Å²) >= 11 is 0. The van der Waals surface area contributed by atoms with Gasteiger partial charge in [0.05, 0.1) is 4.92 Å². The summed E-state index contributed by atoms with van der Waals surface area (Å²) in [5, 5.41) is 21.0. The molecular weight excluding hydrogens is 658 g/mol. The zero-order chi connectivity index (χ0) is 36.8. The highest BCUT2D eigenvalue weighted by atomic mass is 16.7. The smallest absolute Gasteiger partial charge is 0.406 e. The number of nitrogens with zero attached hydrogens (tertiary/aromatic N) is 2. The zero-order valence-electron chi connectivity index (χ0n) is 27.2. The fraction of sp³-hybridized carbons (Fsp3) is 0.344. The maximum absolute atomic E-state index is 13.7. The van der Waals surface area contributed by atoms with E-state index in [1.807, 2.05) is 0 Å². The summed E-state index contributed by atoms with van der Waals surface area (Å²) in [5.74, 6) is -3.81. The van der Waals surface area contributed by atoms with Crippen LogP contribution in [0, 0.1) is 16.0 Å². The van der Waals surface area contributed by atoms with Crippen LogP contribution in [0.4, 0.5) is 15.3 Å². The van der Waals surface area contributed by atoms with Gasteiger partial charge in [-0.1, -0.05) is 44.2 Å². The predicted octanol–water partition coefficient (Wildman–Crippen LogP) is 1.31. The molecule has 1 aliphatic rings. The third-order valence-corrected chi connectivity index (χ3v) is 7.17. The molecule has 50 heavy (non-hydrogen) atoms. The average Bonchev–Trinajstić information content (AvgIpc) is 3.39. The van der Waals surface area contributed by atoms with Gasteiger partial charge in [-0.25, -0.2) is 9.59 Å². The molecule has 0 aliphatic carbocycles. The molecule has 0 aromatic heterocycles. The number of non-ortho nitro benzene ring substituents is 1. The Morgan fingerprint density at radius 2 is 1.54 bits per heavy atom. The molecule has 1 aliphatic heterocycles. The molecule has 266 valence electrons. The summed E-state index contributed by atoms with van der Waals surface area (Å²) in [6.45, 7) is 3.17. The first-order valence-electron chi connectivity index (χ1n) is 15.4. The van der Waals surface area contributed by atoms with Crippen molar-refractivity contribution in [2.24, 2.45) is 11.7 Å². The van der Waals surface area contributed by atoms with Gasteiger partial charge >= 0.3 is 12.2 Å². The van der Waals surface area contributed by atoms with Gasteiger partial charge in [0.1, 0.15) is 17.8 Å². The molecule has 0 spiro atoms. The maximum Gasteiger partial charge on any atom is 0.516 e. The van der Waals surface area contributed by atoms with Crippen molar-refractivity contribution in [2.45, 2.75) is 51.4 Å². The summed E-state index contributed by atoms with van der Waals surface area (Å²) < 4.78 is 10.5. The van der Waals surface area contributed by atoms with Crippen molar-refractivity contribution in [1.29, 1.82) is 0 Å². The van der Waals surface area contributed by atoms with Crippen LogP contribution >= 0.6 is 0 Å². The SMILES string of the molecule is CC(C)[C@H](NC(=O)CCN1C(=O)C=CC1=O)C(=O)N[C@@H](CCCNC(N)=O)C(=O)NC(OC(=O)Oc1ccc([N+](=O)[O-])cc1)c1ccccc1. The number of urea groups is 1. The Kier molecular flexibility index (Phi) is 13.9. The van der Waals surface area contributed by atoms with Gasteiger partial charge in [0.2, 0.25) is 23.9 Å².